The maximum Gasteiger partial charge on any atom is 0.409 e. The highest BCUT2D eigenvalue weighted by molar-refractivity contribution is 5.67. The third-order valence-corrected chi connectivity index (χ3v) is 4.58. The molecule has 2 fully saturated rings. The molecule has 3 rings (SSSR count). The largest absolute Gasteiger partial charge is 0.450 e. The first-order chi connectivity index (χ1) is 11.8. The number of hydrogen-bond donors (Lipinski definition) is 1. The van der Waals surface area contributed by atoms with Gasteiger partial charge in [-0.25, -0.2) is 4.79 Å². The van der Waals surface area contributed by atoms with Crippen LogP contribution >= 0.6 is 0 Å². The number of carbonyl (C=O) groups is 1. The summed E-state index contributed by atoms with van der Waals surface area (Å²) in [5, 5.41) is 11.6. The van der Waals surface area contributed by atoms with Gasteiger partial charge in [-0.05, 0) is 39.0 Å². The molecule has 3 heterocycles. The second-order valence-corrected chi connectivity index (χ2v) is 6.29. The zero-order valence-electron chi connectivity index (χ0n) is 14.3. The number of nitrogens with one attached hydrogen (secondary N) is 1. The van der Waals surface area contributed by atoms with E-state index in [1.165, 1.54) is 19.3 Å². The summed E-state index contributed by atoms with van der Waals surface area (Å²) in [7, 11) is 0. The lowest BCUT2D eigenvalue weighted by molar-refractivity contribution is 0.0983. The Morgan fingerprint density at radius 2 is 2.00 bits per heavy atom. The fourth-order valence-corrected chi connectivity index (χ4v) is 3.24. The number of rotatable bonds is 4. The lowest BCUT2D eigenvalue weighted by atomic mass is 10.1. The van der Waals surface area contributed by atoms with E-state index in [0.717, 1.165) is 31.7 Å². The highest BCUT2D eigenvalue weighted by atomic mass is 16.6. The van der Waals surface area contributed by atoms with Crippen molar-refractivity contribution < 1.29 is 9.53 Å². The number of nitrogens with zero attached hydrogens (tertiary/aromatic N) is 5. The molecule has 0 aliphatic carbocycles. The van der Waals surface area contributed by atoms with Gasteiger partial charge in [-0.3, -0.25) is 0 Å². The van der Waals surface area contributed by atoms with Crippen molar-refractivity contribution in [3.05, 3.63) is 6.20 Å². The van der Waals surface area contributed by atoms with Crippen LogP contribution in [0.25, 0.3) is 0 Å². The molecule has 0 radical (unpaired) electrons. The predicted octanol–water partition coefficient (Wildman–Crippen LogP) is 1.89. The lowest BCUT2D eigenvalue weighted by Crippen LogP contribution is -2.42. The number of ether oxygens (including phenoxy) is 1. The third kappa shape index (κ3) is 4.24. The van der Waals surface area contributed by atoms with E-state index in [4.69, 9.17) is 4.74 Å². The lowest BCUT2D eigenvalue weighted by Gasteiger charge is -2.31. The van der Waals surface area contributed by atoms with Crippen LogP contribution in [0, 0.1) is 0 Å². The van der Waals surface area contributed by atoms with Crippen LogP contribution in [0.3, 0.4) is 0 Å². The minimum Gasteiger partial charge on any atom is -0.450 e. The molecule has 2 saturated heterocycles. The Bertz CT molecular complexity index is 541. The molecule has 1 N–H and O–H groups in total. The minimum absolute atomic E-state index is 0.221. The molecule has 2 aliphatic rings. The molecule has 8 nitrogen and oxygen atoms in total. The van der Waals surface area contributed by atoms with Gasteiger partial charge in [0.1, 0.15) is 0 Å². The third-order valence-electron chi connectivity index (χ3n) is 4.58. The molecular weight excluding hydrogens is 308 g/mol. The first-order valence-corrected chi connectivity index (χ1v) is 8.89. The molecular formula is C16H26N6O2. The van der Waals surface area contributed by atoms with Gasteiger partial charge < -0.3 is 19.9 Å². The second-order valence-electron chi connectivity index (χ2n) is 6.29. The van der Waals surface area contributed by atoms with Crippen LogP contribution in [0.4, 0.5) is 16.6 Å². The monoisotopic (exact) mass is 334 g/mol. The highest BCUT2D eigenvalue weighted by Gasteiger charge is 2.24. The van der Waals surface area contributed by atoms with E-state index in [1.807, 2.05) is 6.92 Å². The highest BCUT2D eigenvalue weighted by Crippen LogP contribution is 2.19. The number of aromatic nitrogens is 3. The molecule has 0 spiro atoms. The summed E-state index contributed by atoms with van der Waals surface area (Å²) in [5.74, 6) is 1.48. The number of anilines is 2. The number of piperidine rings is 2. The summed E-state index contributed by atoms with van der Waals surface area (Å²) in [4.78, 5) is 20.4. The Hall–Kier alpha value is -2.12. The number of carbonyl (C=O) groups excluding carboxylic acids is 1. The molecule has 0 aromatic carbocycles. The Labute approximate surface area is 142 Å². The molecule has 1 aromatic rings. The standard InChI is InChI=1S/C16H26N6O2/c1-2-24-16(23)22-10-6-13(7-11-22)18-15-19-14(12-17-20-15)21-8-4-3-5-9-21/h12-13H,2-11H2,1H3,(H,18,19,20). The summed E-state index contributed by atoms with van der Waals surface area (Å²) < 4.78 is 5.04. The van der Waals surface area contributed by atoms with Gasteiger partial charge in [0.05, 0.1) is 12.8 Å². The predicted molar refractivity (Wildman–Crippen MR) is 91.1 cm³/mol. The zero-order chi connectivity index (χ0) is 16.8. The Morgan fingerprint density at radius 3 is 2.71 bits per heavy atom. The molecule has 0 saturated carbocycles. The normalized spacial score (nSPS) is 19.2. The topological polar surface area (TPSA) is 83.5 Å². The van der Waals surface area contributed by atoms with E-state index in [1.54, 1.807) is 11.1 Å². The summed E-state index contributed by atoms with van der Waals surface area (Å²) in [6.07, 6.45) is 6.93. The van der Waals surface area contributed by atoms with Gasteiger partial charge in [-0.2, -0.15) is 10.1 Å². The Morgan fingerprint density at radius 1 is 1.25 bits per heavy atom. The first-order valence-electron chi connectivity index (χ1n) is 8.89. The Kier molecular flexibility index (Phi) is 5.66. The van der Waals surface area contributed by atoms with Gasteiger partial charge in [0.25, 0.3) is 0 Å². The van der Waals surface area contributed by atoms with Crippen LogP contribution in [0.1, 0.15) is 39.0 Å². The van der Waals surface area contributed by atoms with Crippen LogP contribution in [0.5, 0.6) is 0 Å². The van der Waals surface area contributed by atoms with Crippen molar-refractivity contribution in [2.24, 2.45) is 0 Å². The summed E-state index contributed by atoms with van der Waals surface area (Å²) >= 11 is 0. The van der Waals surface area contributed by atoms with Crippen LogP contribution in [0.2, 0.25) is 0 Å². The van der Waals surface area contributed by atoms with Crippen molar-refractivity contribution in [3.63, 3.8) is 0 Å². The molecule has 0 atom stereocenters. The average molecular weight is 334 g/mol. The molecule has 8 heteroatoms. The fourth-order valence-electron chi connectivity index (χ4n) is 3.24. The van der Waals surface area contributed by atoms with Crippen molar-refractivity contribution in [3.8, 4) is 0 Å². The van der Waals surface area contributed by atoms with Gasteiger partial charge in [0, 0.05) is 32.2 Å². The van der Waals surface area contributed by atoms with E-state index < -0.39 is 0 Å². The van der Waals surface area contributed by atoms with Gasteiger partial charge in [-0.1, -0.05) is 0 Å². The maximum absolute atomic E-state index is 11.7. The first kappa shape index (κ1) is 16.7. The van der Waals surface area contributed by atoms with E-state index >= 15 is 0 Å². The van der Waals surface area contributed by atoms with E-state index in [9.17, 15) is 4.79 Å². The molecule has 1 amide bonds. The molecule has 1 aromatic heterocycles. The van der Waals surface area contributed by atoms with E-state index in [2.05, 4.69) is 25.4 Å². The van der Waals surface area contributed by atoms with Gasteiger partial charge in [0.15, 0.2) is 5.82 Å². The zero-order valence-corrected chi connectivity index (χ0v) is 14.3. The quantitative estimate of drug-likeness (QED) is 0.900. The van der Waals surface area contributed by atoms with Crippen LogP contribution in [0.15, 0.2) is 6.20 Å². The number of hydrogen-bond acceptors (Lipinski definition) is 7. The maximum atomic E-state index is 11.7. The Balaban J connectivity index is 1.52. The molecule has 0 bridgehead atoms. The van der Waals surface area contributed by atoms with Crippen molar-refractivity contribution in [2.75, 3.05) is 43.0 Å². The average Bonchev–Trinajstić information content (AvgIpc) is 2.63. The van der Waals surface area contributed by atoms with E-state index in [-0.39, 0.29) is 12.1 Å². The number of likely N-dealkylation sites (tertiary alicyclic amines) is 1. The SMILES string of the molecule is CCOC(=O)N1CCC(Nc2nncc(N3CCCCC3)n2)CC1. The van der Waals surface area contributed by atoms with Crippen molar-refractivity contribution >= 4 is 17.9 Å². The van der Waals surface area contributed by atoms with Crippen molar-refractivity contribution in [1.29, 1.82) is 0 Å². The summed E-state index contributed by atoms with van der Waals surface area (Å²) in [5.41, 5.74) is 0. The van der Waals surface area contributed by atoms with Crippen LogP contribution < -0.4 is 10.2 Å². The molecule has 2 aliphatic heterocycles. The van der Waals surface area contributed by atoms with E-state index in [0.29, 0.717) is 25.6 Å². The molecule has 132 valence electrons. The minimum atomic E-state index is -0.221. The second kappa shape index (κ2) is 8.12. The van der Waals surface area contributed by atoms with Crippen LogP contribution in [-0.4, -0.2) is 65.0 Å². The number of amides is 1. The molecule has 0 unspecified atom stereocenters. The van der Waals surface area contributed by atoms with Gasteiger partial charge >= 0.3 is 6.09 Å². The van der Waals surface area contributed by atoms with Gasteiger partial charge in [0.2, 0.25) is 5.95 Å². The van der Waals surface area contributed by atoms with Crippen molar-refractivity contribution in [2.45, 2.75) is 45.1 Å². The van der Waals surface area contributed by atoms with Crippen LogP contribution in [-0.2, 0) is 4.74 Å². The molecule has 24 heavy (non-hydrogen) atoms. The smallest absolute Gasteiger partial charge is 0.409 e. The van der Waals surface area contributed by atoms with Gasteiger partial charge in [-0.15, -0.1) is 5.10 Å². The summed E-state index contributed by atoms with van der Waals surface area (Å²) in [6.45, 7) is 5.70. The summed E-state index contributed by atoms with van der Waals surface area (Å²) in [6, 6.07) is 0.258. The fraction of sp³-hybridized carbons (Fsp3) is 0.750. The van der Waals surface area contributed by atoms with Crippen molar-refractivity contribution in [1.82, 2.24) is 20.1 Å².